The second-order valence-corrected chi connectivity index (χ2v) is 7.31. The number of rotatable bonds is 8. The van der Waals surface area contributed by atoms with E-state index in [1.165, 1.54) is 0 Å². The Bertz CT molecular complexity index is 861. The monoisotopic (exact) mass is 407 g/mol. The Hall–Kier alpha value is -3.12. The number of hydrogen-bond donors (Lipinski definition) is 0. The van der Waals surface area contributed by atoms with Crippen molar-refractivity contribution >= 4 is 17.5 Å². The number of hydrogen-bond acceptors (Lipinski definition) is 4. The smallest absolute Gasteiger partial charge is 0.241 e. The van der Waals surface area contributed by atoms with Gasteiger partial charge in [-0.2, -0.15) is 0 Å². The molecule has 0 N–H and O–H groups in total. The van der Waals surface area contributed by atoms with Crippen molar-refractivity contribution in [1.82, 2.24) is 9.80 Å². The van der Waals surface area contributed by atoms with Gasteiger partial charge in [0.1, 0.15) is 5.75 Å². The van der Waals surface area contributed by atoms with Gasteiger partial charge in [0.15, 0.2) is 0 Å². The summed E-state index contributed by atoms with van der Waals surface area (Å²) in [5.41, 5.74) is 1.81. The summed E-state index contributed by atoms with van der Waals surface area (Å²) in [4.78, 5) is 31.2. The van der Waals surface area contributed by atoms with Crippen LogP contribution in [0.25, 0.3) is 0 Å². The molecule has 2 amide bonds. The molecule has 1 fully saturated rings. The highest BCUT2D eigenvalue weighted by molar-refractivity contribution is 5.95. The lowest BCUT2D eigenvalue weighted by Gasteiger charge is -2.35. The SMILES string of the molecule is C=CCN(C(=O)CN1CCN(C(=O)Cc2cccc(OC)c2)CC1)c1ccccc1. The zero-order valence-corrected chi connectivity index (χ0v) is 17.5. The molecular formula is C24H29N3O3. The van der Waals surface area contributed by atoms with E-state index in [0.29, 0.717) is 45.7 Å². The van der Waals surface area contributed by atoms with Gasteiger partial charge in [-0.1, -0.05) is 36.4 Å². The Morgan fingerprint density at radius 3 is 2.47 bits per heavy atom. The number of amides is 2. The van der Waals surface area contributed by atoms with Gasteiger partial charge in [-0.3, -0.25) is 14.5 Å². The molecule has 0 bridgehead atoms. The molecule has 0 aliphatic carbocycles. The minimum atomic E-state index is 0.0391. The number of benzene rings is 2. The quantitative estimate of drug-likeness (QED) is 0.632. The lowest BCUT2D eigenvalue weighted by molar-refractivity contribution is -0.132. The highest BCUT2D eigenvalue weighted by Crippen LogP contribution is 2.16. The zero-order valence-electron chi connectivity index (χ0n) is 17.5. The molecule has 3 rings (SSSR count). The van der Waals surface area contributed by atoms with Crippen molar-refractivity contribution < 1.29 is 14.3 Å². The van der Waals surface area contributed by atoms with Crippen LogP contribution in [0.2, 0.25) is 0 Å². The summed E-state index contributed by atoms with van der Waals surface area (Å²) >= 11 is 0. The molecule has 0 radical (unpaired) electrons. The van der Waals surface area contributed by atoms with E-state index in [1.807, 2.05) is 59.5 Å². The van der Waals surface area contributed by atoms with Gasteiger partial charge < -0.3 is 14.5 Å². The van der Waals surface area contributed by atoms with E-state index in [9.17, 15) is 9.59 Å². The molecule has 1 heterocycles. The van der Waals surface area contributed by atoms with Crippen molar-refractivity contribution in [3.05, 3.63) is 72.8 Å². The summed E-state index contributed by atoms with van der Waals surface area (Å²) in [7, 11) is 1.62. The Labute approximate surface area is 178 Å². The van der Waals surface area contributed by atoms with Crippen LogP contribution in [-0.4, -0.2) is 68.0 Å². The number of nitrogens with zero attached hydrogens (tertiary/aromatic N) is 3. The molecule has 2 aromatic carbocycles. The number of piperazine rings is 1. The normalized spacial score (nSPS) is 14.2. The van der Waals surface area contributed by atoms with Gasteiger partial charge in [0.05, 0.1) is 20.1 Å². The van der Waals surface area contributed by atoms with Gasteiger partial charge in [-0.05, 0) is 29.8 Å². The number of para-hydroxylation sites is 1. The molecule has 0 aromatic heterocycles. The lowest BCUT2D eigenvalue weighted by Crippen LogP contribution is -2.52. The number of ether oxygens (including phenoxy) is 1. The molecule has 1 saturated heterocycles. The molecule has 6 heteroatoms. The fourth-order valence-corrected chi connectivity index (χ4v) is 3.59. The van der Waals surface area contributed by atoms with E-state index in [2.05, 4.69) is 11.5 Å². The van der Waals surface area contributed by atoms with E-state index in [1.54, 1.807) is 18.1 Å². The van der Waals surface area contributed by atoms with Gasteiger partial charge in [0.25, 0.3) is 0 Å². The van der Waals surface area contributed by atoms with E-state index >= 15 is 0 Å². The maximum Gasteiger partial charge on any atom is 0.241 e. The largest absolute Gasteiger partial charge is 0.497 e. The summed E-state index contributed by atoms with van der Waals surface area (Å²) in [5.74, 6) is 0.898. The molecule has 0 unspecified atom stereocenters. The van der Waals surface area contributed by atoms with Crippen molar-refractivity contribution in [2.24, 2.45) is 0 Å². The van der Waals surface area contributed by atoms with Crippen molar-refractivity contribution in [3.63, 3.8) is 0 Å². The number of methoxy groups -OCH3 is 1. The van der Waals surface area contributed by atoms with E-state index in [-0.39, 0.29) is 11.8 Å². The van der Waals surface area contributed by atoms with Crippen molar-refractivity contribution in [3.8, 4) is 5.75 Å². The maximum absolute atomic E-state index is 12.9. The average Bonchev–Trinajstić information content (AvgIpc) is 2.78. The molecule has 0 atom stereocenters. The molecule has 158 valence electrons. The molecule has 0 saturated carbocycles. The molecule has 2 aromatic rings. The molecule has 0 spiro atoms. The minimum Gasteiger partial charge on any atom is -0.497 e. The summed E-state index contributed by atoms with van der Waals surface area (Å²) < 4.78 is 5.23. The Balaban J connectivity index is 1.51. The number of carbonyl (C=O) groups excluding carboxylic acids is 2. The van der Waals surface area contributed by atoms with Crippen LogP contribution in [-0.2, 0) is 16.0 Å². The van der Waals surface area contributed by atoms with Crippen LogP contribution in [0.3, 0.4) is 0 Å². The third-order valence-corrected chi connectivity index (χ3v) is 5.25. The minimum absolute atomic E-state index is 0.0391. The van der Waals surface area contributed by atoms with Gasteiger partial charge in [0.2, 0.25) is 11.8 Å². The molecule has 30 heavy (non-hydrogen) atoms. The average molecular weight is 408 g/mol. The highest BCUT2D eigenvalue weighted by atomic mass is 16.5. The van der Waals surface area contributed by atoms with Crippen LogP contribution >= 0.6 is 0 Å². The van der Waals surface area contributed by atoms with Gasteiger partial charge >= 0.3 is 0 Å². The lowest BCUT2D eigenvalue weighted by atomic mass is 10.1. The van der Waals surface area contributed by atoms with Crippen molar-refractivity contribution in [1.29, 1.82) is 0 Å². The first-order valence-corrected chi connectivity index (χ1v) is 10.2. The fraction of sp³-hybridized carbons (Fsp3) is 0.333. The van der Waals surface area contributed by atoms with Crippen LogP contribution < -0.4 is 9.64 Å². The van der Waals surface area contributed by atoms with Gasteiger partial charge in [-0.25, -0.2) is 0 Å². The standard InChI is InChI=1S/C24H29N3O3/c1-3-12-27(21-9-5-4-6-10-21)24(29)19-25-13-15-26(16-14-25)23(28)18-20-8-7-11-22(17-20)30-2/h3-11,17H,1,12-16,18-19H2,2H3. The first-order valence-electron chi connectivity index (χ1n) is 10.2. The van der Waals surface area contributed by atoms with E-state index in [4.69, 9.17) is 4.74 Å². The third-order valence-electron chi connectivity index (χ3n) is 5.25. The predicted octanol–water partition coefficient (Wildman–Crippen LogP) is 2.60. The summed E-state index contributed by atoms with van der Waals surface area (Å²) in [6.45, 7) is 7.21. The number of carbonyl (C=O) groups is 2. The molecule has 1 aliphatic heterocycles. The summed E-state index contributed by atoms with van der Waals surface area (Å²) in [6.07, 6.45) is 2.09. The highest BCUT2D eigenvalue weighted by Gasteiger charge is 2.24. The van der Waals surface area contributed by atoms with Gasteiger partial charge in [-0.15, -0.1) is 6.58 Å². The first kappa shape index (κ1) is 21.6. The van der Waals surface area contributed by atoms with Crippen LogP contribution in [0, 0.1) is 0 Å². The Morgan fingerprint density at radius 2 is 1.80 bits per heavy atom. The Morgan fingerprint density at radius 1 is 1.07 bits per heavy atom. The molecule has 6 nitrogen and oxygen atoms in total. The zero-order chi connectivity index (χ0) is 21.3. The second-order valence-electron chi connectivity index (χ2n) is 7.31. The molecular weight excluding hydrogens is 378 g/mol. The summed E-state index contributed by atoms with van der Waals surface area (Å²) in [6, 6.07) is 17.2. The van der Waals surface area contributed by atoms with E-state index < -0.39 is 0 Å². The predicted molar refractivity (Wildman–Crippen MR) is 119 cm³/mol. The van der Waals surface area contributed by atoms with Gasteiger partial charge in [0, 0.05) is 38.4 Å². The van der Waals surface area contributed by atoms with Crippen molar-refractivity contribution in [2.45, 2.75) is 6.42 Å². The maximum atomic E-state index is 12.9. The van der Waals surface area contributed by atoms with Crippen LogP contribution in [0.1, 0.15) is 5.56 Å². The van der Waals surface area contributed by atoms with Crippen molar-refractivity contribution in [2.75, 3.05) is 51.3 Å². The van der Waals surface area contributed by atoms with Crippen LogP contribution in [0.4, 0.5) is 5.69 Å². The van der Waals surface area contributed by atoms with Crippen LogP contribution in [0.5, 0.6) is 5.75 Å². The van der Waals surface area contributed by atoms with E-state index in [0.717, 1.165) is 17.0 Å². The third kappa shape index (κ3) is 5.70. The fourth-order valence-electron chi connectivity index (χ4n) is 3.59. The summed E-state index contributed by atoms with van der Waals surface area (Å²) in [5, 5.41) is 0. The number of anilines is 1. The Kier molecular flexibility index (Phi) is 7.63. The first-order chi connectivity index (χ1) is 14.6. The van der Waals surface area contributed by atoms with Crippen LogP contribution in [0.15, 0.2) is 67.3 Å². The second kappa shape index (κ2) is 10.6. The molecule has 1 aliphatic rings. The topological polar surface area (TPSA) is 53.1 Å².